The summed E-state index contributed by atoms with van der Waals surface area (Å²) in [5.41, 5.74) is 2.36. The number of benzene rings is 1. The highest BCUT2D eigenvalue weighted by atomic mass is 31.2. The summed E-state index contributed by atoms with van der Waals surface area (Å²) >= 11 is 0. The molecule has 0 heterocycles. The molecule has 3 nitrogen and oxygen atoms in total. The molecule has 0 N–H and O–H groups in total. The summed E-state index contributed by atoms with van der Waals surface area (Å²) < 4.78 is 23.6. The van der Waals surface area contributed by atoms with E-state index in [4.69, 9.17) is 9.05 Å². The first-order valence-corrected chi connectivity index (χ1v) is 8.94. The second-order valence-electron chi connectivity index (χ2n) is 6.03. The van der Waals surface area contributed by atoms with Crippen LogP contribution < -0.4 is 0 Å². The summed E-state index contributed by atoms with van der Waals surface area (Å²) in [6.45, 7) is 0. The molecule has 1 fully saturated rings. The quantitative estimate of drug-likeness (QED) is 0.613. The van der Waals surface area contributed by atoms with Gasteiger partial charge in [-0.05, 0) is 35.3 Å². The summed E-state index contributed by atoms with van der Waals surface area (Å²) in [5, 5.41) is 0.917. The number of allylic oxidation sites excluding steroid dienone is 4. The molecule has 1 saturated carbocycles. The SMILES string of the molecule is COP(=O)(OC)C1=C(c2ccccc2)[C@@H]2[C@H]1[C@H]1C=C[C@@H]2C1. The molecule has 2 bridgehead atoms. The van der Waals surface area contributed by atoms with Crippen molar-refractivity contribution in [2.75, 3.05) is 14.2 Å². The van der Waals surface area contributed by atoms with Gasteiger partial charge in [0.05, 0.1) is 5.31 Å². The molecular weight excluding hydrogens is 283 g/mol. The largest absolute Gasteiger partial charge is 0.357 e. The summed E-state index contributed by atoms with van der Waals surface area (Å²) in [5.74, 6) is 1.90. The molecule has 0 spiro atoms. The van der Waals surface area contributed by atoms with E-state index in [1.807, 2.05) is 18.2 Å². The van der Waals surface area contributed by atoms with Crippen LogP contribution >= 0.6 is 7.60 Å². The Morgan fingerprint density at radius 1 is 1.00 bits per heavy atom. The van der Waals surface area contributed by atoms with E-state index in [0.717, 1.165) is 10.9 Å². The van der Waals surface area contributed by atoms with Gasteiger partial charge in [-0.3, -0.25) is 4.57 Å². The van der Waals surface area contributed by atoms with Crippen molar-refractivity contribution in [1.82, 2.24) is 0 Å². The molecule has 4 rings (SSSR count). The first-order valence-electron chi connectivity index (χ1n) is 7.39. The van der Waals surface area contributed by atoms with E-state index in [1.54, 1.807) is 0 Å². The molecule has 110 valence electrons. The minimum atomic E-state index is -3.16. The Bertz CT molecular complexity index is 669. The molecule has 1 aromatic rings. The first-order chi connectivity index (χ1) is 10.2. The predicted molar refractivity (Wildman–Crippen MR) is 82.7 cm³/mol. The van der Waals surface area contributed by atoms with E-state index in [1.165, 1.54) is 26.2 Å². The summed E-state index contributed by atoms with van der Waals surface area (Å²) in [4.78, 5) is 0. The van der Waals surface area contributed by atoms with Gasteiger partial charge in [0.15, 0.2) is 0 Å². The second kappa shape index (κ2) is 4.67. The van der Waals surface area contributed by atoms with Crippen molar-refractivity contribution < 1.29 is 13.6 Å². The maximum Gasteiger partial charge on any atom is 0.357 e. The van der Waals surface area contributed by atoms with E-state index in [0.29, 0.717) is 23.7 Å². The Kier molecular flexibility index (Phi) is 3.01. The van der Waals surface area contributed by atoms with Crippen molar-refractivity contribution >= 4 is 13.2 Å². The Morgan fingerprint density at radius 3 is 2.24 bits per heavy atom. The number of hydrogen-bond acceptors (Lipinski definition) is 3. The molecule has 21 heavy (non-hydrogen) atoms. The lowest BCUT2D eigenvalue weighted by Crippen LogP contribution is -2.33. The van der Waals surface area contributed by atoms with Crippen LogP contribution in [0.15, 0.2) is 47.8 Å². The van der Waals surface area contributed by atoms with Crippen LogP contribution in [0.5, 0.6) is 0 Å². The van der Waals surface area contributed by atoms with Gasteiger partial charge in [-0.15, -0.1) is 0 Å². The molecule has 0 saturated heterocycles. The molecule has 0 unspecified atom stereocenters. The Labute approximate surface area is 125 Å². The van der Waals surface area contributed by atoms with Crippen molar-refractivity contribution in [3.8, 4) is 0 Å². The van der Waals surface area contributed by atoms with Crippen LogP contribution in [0, 0.1) is 23.7 Å². The third kappa shape index (κ3) is 1.72. The average Bonchev–Trinajstić information content (AvgIpc) is 3.06. The molecule has 0 radical (unpaired) electrons. The van der Waals surface area contributed by atoms with E-state index < -0.39 is 7.60 Å². The minimum Gasteiger partial charge on any atom is -0.309 e. The monoisotopic (exact) mass is 302 g/mol. The van der Waals surface area contributed by atoms with E-state index in [-0.39, 0.29) is 0 Å². The summed E-state index contributed by atoms with van der Waals surface area (Å²) in [7, 11) is -0.196. The highest BCUT2D eigenvalue weighted by Crippen LogP contribution is 2.74. The lowest BCUT2D eigenvalue weighted by Gasteiger charge is -2.44. The molecule has 3 aliphatic carbocycles. The van der Waals surface area contributed by atoms with E-state index in [9.17, 15) is 4.57 Å². The van der Waals surface area contributed by atoms with Gasteiger partial charge in [-0.1, -0.05) is 42.5 Å². The fraction of sp³-hybridized carbons (Fsp3) is 0.412. The molecule has 0 aromatic heterocycles. The molecule has 4 atom stereocenters. The van der Waals surface area contributed by atoms with Crippen LogP contribution in [-0.2, 0) is 13.6 Å². The lowest BCUT2D eigenvalue weighted by molar-refractivity contribution is 0.268. The predicted octanol–water partition coefficient (Wildman–Crippen LogP) is 4.34. The summed E-state index contributed by atoms with van der Waals surface area (Å²) in [6.07, 6.45) is 5.78. The Morgan fingerprint density at radius 2 is 1.62 bits per heavy atom. The zero-order valence-corrected chi connectivity index (χ0v) is 13.1. The number of hydrogen-bond donors (Lipinski definition) is 0. The van der Waals surface area contributed by atoms with Crippen LogP contribution in [0.1, 0.15) is 12.0 Å². The molecule has 3 aliphatic rings. The standard InChI is InChI=1S/C17H19O3P/c1-19-21(18,20-2)17-15(11-6-4-3-5-7-11)14-12-8-9-13(10-12)16(14)17/h3-9,12-14,16H,10H2,1-2H3/t12-,13+,14-,16-/m1/s1. The third-order valence-corrected chi connectivity index (χ3v) is 7.34. The fourth-order valence-corrected chi connectivity index (χ4v) is 6.23. The number of rotatable bonds is 4. The maximum absolute atomic E-state index is 13.0. The Balaban J connectivity index is 1.88. The molecule has 0 amide bonds. The van der Waals surface area contributed by atoms with Gasteiger partial charge in [-0.2, -0.15) is 0 Å². The second-order valence-corrected chi connectivity index (χ2v) is 8.23. The van der Waals surface area contributed by atoms with Gasteiger partial charge in [0.25, 0.3) is 0 Å². The first kappa shape index (κ1) is 13.5. The van der Waals surface area contributed by atoms with Crippen molar-refractivity contribution in [1.29, 1.82) is 0 Å². The van der Waals surface area contributed by atoms with E-state index in [2.05, 4.69) is 24.3 Å². The fourth-order valence-electron chi connectivity index (χ4n) is 4.40. The maximum atomic E-state index is 13.0. The van der Waals surface area contributed by atoms with Crippen molar-refractivity contribution in [3.05, 3.63) is 53.4 Å². The molecule has 4 heteroatoms. The van der Waals surface area contributed by atoms with Crippen LogP contribution in [0.3, 0.4) is 0 Å². The molecule has 0 aliphatic heterocycles. The van der Waals surface area contributed by atoms with Crippen molar-refractivity contribution in [2.24, 2.45) is 23.7 Å². The van der Waals surface area contributed by atoms with Gasteiger partial charge in [0, 0.05) is 20.1 Å². The average molecular weight is 302 g/mol. The normalized spacial score (nSPS) is 33.2. The number of fused-ring (bicyclic) bond motifs is 5. The van der Waals surface area contributed by atoms with Crippen molar-refractivity contribution in [3.63, 3.8) is 0 Å². The highest BCUT2D eigenvalue weighted by molar-refractivity contribution is 7.58. The zero-order valence-electron chi connectivity index (χ0n) is 12.2. The topological polar surface area (TPSA) is 35.5 Å². The highest BCUT2D eigenvalue weighted by Gasteiger charge is 2.59. The van der Waals surface area contributed by atoms with Gasteiger partial charge >= 0.3 is 7.60 Å². The minimum absolute atomic E-state index is 0.334. The molecule has 1 aromatic carbocycles. The zero-order chi connectivity index (χ0) is 14.6. The van der Waals surface area contributed by atoms with Gasteiger partial charge in [-0.25, -0.2) is 0 Å². The lowest BCUT2D eigenvalue weighted by atomic mass is 9.66. The smallest absolute Gasteiger partial charge is 0.309 e. The van der Waals surface area contributed by atoms with Gasteiger partial charge in [0.2, 0.25) is 0 Å². The van der Waals surface area contributed by atoms with Crippen LogP contribution in [0.25, 0.3) is 5.57 Å². The Hall–Kier alpha value is -1.15. The molecular formula is C17H19O3P. The van der Waals surface area contributed by atoms with E-state index >= 15 is 0 Å². The van der Waals surface area contributed by atoms with Crippen LogP contribution in [-0.4, -0.2) is 14.2 Å². The van der Waals surface area contributed by atoms with Crippen LogP contribution in [0.2, 0.25) is 0 Å². The summed E-state index contributed by atoms with van der Waals surface area (Å²) in [6, 6.07) is 10.3. The van der Waals surface area contributed by atoms with Gasteiger partial charge in [0.1, 0.15) is 0 Å². The third-order valence-electron chi connectivity index (χ3n) is 5.24. The van der Waals surface area contributed by atoms with Crippen LogP contribution in [0.4, 0.5) is 0 Å². The van der Waals surface area contributed by atoms with Crippen molar-refractivity contribution in [2.45, 2.75) is 6.42 Å². The van der Waals surface area contributed by atoms with Gasteiger partial charge < -0.3 is 9.05 Å².